The molecular weight excluding hydrogens is 304 g/mol. The topological polar surface area (TPSA) is 70.7 Å². The molecule has 118 valence electrons. The molecule has 0 spiro atoms. The van der Waals surface area contributed by atoms with Gasteiger partial charge < -0.3 is 4.74 Å². The quantitative estimate of drug-likeness (QED) is 0.565. The summed E-state index contributed by atoms with van der Waals surface area (Å²) in [6.07, 6.45) is 6.35. The van der Waals surface area contributed by atoms with Crippen LogP contribution in [0.5, 0.6) is 5.75 Å². The Bertz CT molecular complexity index is 806. The molecule has 2 aromatic heterocycles. The molecule has 0 N–H and O–H groups in total. The Morgan fingerprint density at radius 2 is 1.25 bits per heavy atom. The van der Waals surface area contributed by atoms with E-state index in [1.807, 2.05) is 48.5 Å². The lowest BCUT2D eigenvalue weighted by Gasteiger charge is -2.08. The van der Waals surface area contributed by atoms with Crippen molar-refractivity contribution >= 4 is 0 Å². The van der Waals surface area contributed by atoms with Crippen LogP contribution in [0.15, 0.2) is 73.8 Å². The summed E-state index contributed by atoms with van der Waals surface area (Å²) in [5.74, 6) is 0.805. The predicted molar refractivity (Wildman–Crippen MR) is 87.1 cm³/mol. The number of nitrogens with zero attached hydrogens (tertiary/aromatic N) is 6. The predicted octanol–water partition coefficient (Wildman–Crippen LogP) is 2.43. The maximum Gasteiger partial charge on any atom is 0.138 e. The van der Waals surface area contributed by atoms with E-state index in [0.29, 0.717) is 6.61 Å². The lowest BCUT2D eigenvalue weighted by Crippen LogP contribution is -1.98. The summed E-state index contributed by atoms with van der Waals surface area (Å²) in [6.45, 7) is 0.500. The largest absolute Gasteiger partial charge is 0.489 e. The van der Waals surface area contributed by atoms with Gasteiger partial charge in [-0.05, 0) is 42.0 Å². The summed E-state index contributed by atoms with van der Waals surface area (Å²) < 4.78 is 9.23. The normalized spacial score (nSPS) is 10.7. The zero-order valence-corrected chi connectivity index (χ0v) is 12.7. The number of hydrogen-bond acceptors (Lipinski definition) is 5. The Hall–Kier alpha value is -3.48. The minimum atomic E-state index is 0.500. The van der Waals surface area contributed by atoms with Gasteiger partial charge in [-0.2, -0.15) is 10.2 Å². The fourth-order valence-corrected chi connectivity index (χ4v) is 2.29. The number of rotatable bonds is 5. The van der Waals surface area contributed by atoms with Gasteiger partial charge in [0.1, 0.15) is 37.7 Å². The lowest BCUT2D eigenvalue weighted by atomic mass is 10.2. The van der Waals surface area contributed by atoms with E-state index in [-0.39, 0.29) is 0 Å². The van der Waals surface area contributed by atoms with Crippen molar-refractivity contribution in [2.75, 3.05) is 0 Å². The van der Waals surface area contributed by atoms with Crippen LogP contribution in [0.1, 0.15) is 5.56 Å². The van der Waals surface area contributed by atoms with Crippen molar-refractivity contribution in [3.8, 4) is 17.1 Å². The van der Waals surface area contributed by atoms with E-state index in [0.717, 1.165) is 22.7 Å². The van der Waals surface area contributed by atoms with Crippen molar-refractivity contribution in [2.45, 2.75) is 6.61 Å². The van der Waals surface area contributed by atoms with Crippen molar-refractivity contribution < 1.29 is 4.74 Å². The molecule has 24 heavy (non-hydrogen) atoms. The molecule has 0 unspecified atom stereocenters. The van der Waals surface area contributed by atoms with Gasteiger partial charge in [-0.3, -0.25) is 0 Å². The number of hydrogen-bond donors (Lipinski definition) is 0. The van der Waals surface area contributed by atoms with Crippen molar-refractivity contribution in [1.29, 1.82) is 0 Å². The van der Waals surface area contributed by atoms with Crippen LogP contribution in [0.2, 0.25) is 0 Å². The molecule has 7 nitrogen and oxygen atoms in total. The van der Waals surface area contributed by atoms with E-state index < -0.39 is 0 Å². The van der Waals surface area contributed by atoms with Gasteiger partial charge in [-0.25, -0.2) is 19.3 Å². The smallest absolute Gasteiger partial charge is 0.138 e. The second kappa shape index (κ2) is 6.33. The van der Waals surface area contributed by atoms with E-state index in [9.17, 15) is 0 Å². The van der Waals surface area contributed by atoms with Gasteiger partial charge in [0.05, 0.1) is 11.4 Å². The summed E-state index contributed by atoms with van der Waals surface area (Å²) in [7, 11) is 0. The molecule has 0 amide bonds. The van der Waals surface area contributed by atoms with Gasteiger partial charge in [-0.1, -0.05) is 12.1 Å². The first-order valence-electron chi connectivity index (χ1n) is 7.40. The highest BCUT2D eigenvalue weighted by Crippen LogP contribution is 2.16. The second-order valence-electron chi connectivity index (χ2n) is 5.13. The third kappa shape index (κ3) is 3.00. The Labute approximate surface area is 138 Å². The molecule has 0 aliphatic rings. The fourth-order valence-electron chi connectivity index (χ4n) is 2.29. The Morgan fingerprint density at radius 1 is 0.708 bits per heavy atom. The molecule has 0 atom stereocenters. The van der Waals surface area contributed by atoms with Gasteiger partial charge in [0.2, 0.25) is 0 Å². The van der Waals surface area contributed by atoms with Crippen molar-refractivity contribution in [3.63, 3.8) is 0 Å². The molecule has 2 aromatic carbocycles. The van der Waals surface area contributed by atoms with Crippen LogP contribution in [-0.4, -0.2) is 29.5 Å². The summed E-state index contributed by atoms with van der Waals surface area (Å²) in [4.78, 5) is 7.87. The summed E-state index contributed by atoms with van der Waals surface area (Å²) in [5, 5.41) is 8.19. The third-order valence-electron chi connectivity index (χ3n) is 3.55. The monoisotopic (exact) mass is 318 g/mol. The summed E-state index contributed by atoms with van der Waals surface area (Å²) in [5.41, 5.74) is 2.99. The van der Waals surface area contributed by atoms with Crippen LogP contribution in [0, 0.1) is 0 Å². The zero-order chi connectivity index (χ0) is 16.2. The molecule has 2 heterocycles. The van der Waals surface area contributed by atoms with Crippen molar-refractivity contribution in [2.24, 2.45) is 0 Å². The average molecular weight is 318 g/mol. The SMILES string of the molecule is c1ncn(-c2ccc(COc3ccc(-n4cncn4)cc3)cc2)n1. The van der Waals surface area contributed by atoms with E-state index in [1.54, 1.807) is 22.0 Å². The van der Waals surface area contributed by atoms with Crippen LogP contribution in [0.4, 0.5) is 0 Å². The molecule has 0 aliphatic carbocycles. The molecule has 0 aliphatic heterocycles. The Morgan fingerprint density at radius 3 is 1.75 bits per heavy atom. The minimum Gasteiger partial charge on any atom is -0.489 e. The fraction of sp³-hybridized carbons (Fsp3) is 0.0588. The number of aromatic nitrogens is 6. The van der Waals surface area contributed by atoms with Gasteiger partial charge in [0, 0.05) is 0 Å². The first-order chi connectivity index (χ1) is 11.9. The van der Waals surface area contributed by atoms with Crippen LogP contribution in [0.25, 0.3) is 11.4 Å². The summed E-state index contributed by atoms with van der Waals surface area (Å²) in [6, 6.07) is 15.7. The molecule has 0 saturated carbocycles. The van der Waals surface area contributed by atoms with Gasteiger partial charge in [-0.15, -0.1) is 0 Å². The number of benzene rings is 2. The van der Waals surface area contributed by atoms with Crippen LogP contribution in [-0.2, 0) is 6.61 Å². The lowest BCUT2D eigenvalue weighted by molar-refractivity contribution is 0.306. The molecule has 4 rings (SSSR count). The number of ether oxygens (including phenoxy) is 1. The zero-order valence-electron chi connectivity index (χ0n) is 12.7. The molecule has 7 heteroatoms. The highest BCUT2D eigenvalue weighted by atomic mass is 16.5. The Balaban J connectivity index is 1.40. The van der Waals surface area contributed by atoms with Gasteiger partial charge in [0.15, 0.2) is 0 Å². The first-order valence-corrected chi connectivity index (χ1v) is 7.40. The second-order valence-corrected chi connectivity index (χ2v) is 5.13. The standard InChI is InChI=1S/C17H14N6O/c1-3-15(22-12-18-10-20-22)4-2-14(1)9-24-17-7-5-16(6-8-17)23-13-19-11-21-23/h1-8,10-13H,9H2. The molecule has 4 aromatic rings. The van der Waals surface area contributed by atoms with Crippen LogP contribution < -0.4 is 4.74 Å². The molecule has 0 fully saturated rings. The van der Waals surface area contributed by atoms with Gasteiger partial charge in [0.25, 0.3) is 0 Å². The molecular formula is C17H14N6O. The van der Waals surface area contributed by atoms with Crippen molar-refractivity contribution in [1.82, 2.24) is 29.5 Å². The van der Waals surface area contributed by atoms with E-state index in [1.165, 1.54) is 12.7 Å². The molecule has 0 radical (unpaired) electrons. The van der Waals surface area contributed by atoms with E-state index in [4.69, 9.17) is 4.74 Å². The maximum atomic E-state index is 5.81. The van der Waals surface area contributed by atoms with Crippen LogP contribution in [0.3, 0.4) is 0 Å². The third-order valence-corrected chi connectivity index (χ3v) is 3.55. The first kappa shape index (κ1) is 14.1. The van der Waals surface area contributed by atoms with Crippen LogP contribution >= 0.6 is 0 Å². The minimum absolute atomic E-state index is 0.500. The van der Waals surface area contributed by atoms with E-state index >= 15 is 0 Å². The highest BCUT2D eigenvalue weighted by Gasteiger charge is 2.01. The Kier molecular flexibility index (Phi) is 3.73. The van der Waals surface area contributed by atoms with E-state index in [2.05, 4.69) is 20.2 Å². The van der Waals surface area contributed by atoms with Gasteiger partial charge >= 0.3 is 0 Å². The van der Waals surface area contributed by atoms with Crippen molar-refractivity contribution in [3.05, 3.63) is 79.4 Å². The maximum absolute atomic E-state index is 5.81. The average Bonchev–Trinajstić information content (AvgIpc) is 3.34. The molecule has 0 saturated heterocycles. The highest BCUT2D eigenvalue weighted by molar-refractivity contribution is 5.37. The summed E-state index contributed by atoms with van der Waals surface area (Å²) >= 11 is 0. The molecule has 0 bridgehead atoms.